The van der Waals surface area contributed by atoms with Crippen LogP contribution in [0.1, 0.15) is 24.9 Å². The van der Waals surface area contributed by atoms with E-state index in [-0.39, 0.29) is 17.1 Å². The Labute approximate surface area is 128 Å². The van der Waals surface area contributed by atoms with Crippen LogP contribution in [-0.2, 0) is 9.84 Å². The van der Waals surface area contributed by atoms with E-state index in [4.69, 9.17) is 0 Å². The van der Waals surface area contributed by atoms with Crippen LogP contribution in [0.2, 0.25) is 0 Å². The van der Waals surface area contributed by atoms with Crippen LogP contribution < -0.4 is 5.32 Å². The summed E-state index contributed by atoms with van der Waals surface area (Å²) in [4.78, 5) is 13.4. The van der Waals surface area contributed by atoms with Gasteiger partial charge in [-0.05, 0) is 31.5 Å². The van der Waals surface area contributed by atoms with Crippen LogP contribution in [0.4, 0.5) is 13.6 Å². The zero-order valence-corrected chi connectivity index (χ0v) is 13.2. The van der Waals surface area contributed by atoms with Crippen molar-refractivity contribution in [3.63, 3.8) is 0 Å². The van der Waals surface area contributed by atoms with Crippen molar-refractivity contribution >= 4 is 15.9 Å². The molecule has 1 heterocycles. The number of urea groups is 1. The van der Waals surface area contributed by atoms with Gasteiger partial charge in [0.1, 0.15) is 11.6 Å². The van der Waals surface area contributed by atoms with Crippen molar-refractivity contribution in [1.29, 1.82) is 0 Å². The highest BCUT2D eigenvalue weighted by Gasteiger charge is 2.33. The van der Waals surface area contributed by atoms with Gasteiger partial charge >= 0.3 is 6.03 Å². The van der Waals surface area contributed by atoms with E-state index in [1.807, 2.05) is 0 Å². The molecule has 0 saturated carbocycles. The quantitative estimate of drug-likeness (QED) is 0.919. The van der Waals surface area contributed by atoms with Crippen molar-refractivity contribution in [2.45, 2.75) is 25.4 Å². The molecule has 0 spiro atoms. The summed E-state index contributed by atoms with van der Waals surface area (Å²) in [5, 5.41) is 2.55. The summed E-state index contributed by atoms with van der Waals surface area (Å²) in [5.41, 5.74) is 0.0424. The molecule has 2 rings (SSSR count). The number of nitrogens with one attached hydrogen (secondary N) is 1. The Morgan fingerprint density at radius 2 is 2.09 bits per heavy atom. The summed E-state index contributed by atoms with van der Waals surface area (Å²) in [6.45, 7) is 1.54. The molecule has 0 bridgehead atoms. The van der Waals surface area contributed by atoms with E-state index in [0.29, 0.717) is 6.42 Å². The first-order valence-corrected chi connectivity index (χ1v) is 8.70. The van der Waals surface area contributed by atoms with Crippen molar-refractivity contribution in [2.75, 3.05) is 18.6 Å². The SMILES string of the molecule is CC(NC(=O)N(C)C1CCS(=O)(=O)C1)c1cc(F)ccc1F. The lowest BCUT2D eigenvalue weighted by Gasteiger charge is -2.26. The van der Waals surface area contributed by atoms with E-state index in [2.05, 4.69) is 5.32 Å². The van der Waals surface area contributed by atoms with Gasteiger partial charge in [-0.3, -0.25) is 0 Å². The largest absolute Gasteiger partial charge is 0.331 e. The van der Waals surface area contributed by atoms with Gasteiger partial charge in [0.2, 0.25) is 0 Å². The predicted molar refractivity (Wildman–Crippen MR) is 78.1 cm³/mol. The maximum atomic E-state index is 13.7. The van der Waals surface area contributed by atoms with Crippen LogP contribution in [0.15, 0.2) is 18.2 Å². The number of carbonyl (C=O) groups excluding carboxylic acids is 1. The standard InChI is InChI=1S/C14H18F2N2O3S/c1-9(12-7-10(15)3-4-13(12)16)17-14(19)18(2)11-5-6-22(20,21)8-11/h3-4,7,9,11H,5-6,8H2,1-2H3,(H,17,19). The van der Waals surface area contributed by atoms with E-state index in [1.165, 1.54) is 18.9 Å². The topological polar surface area (TPSA) is 66.5 Å². The van der Waals surface area contributed by atoms with Gasteiger partial charge in [-0.15, -0.1) is 0 Å². The summed E-state index contributed by atoms with van der Waals surface area (Å²) in [6, 6.07) is 1.39. The van der Waals surface area contributed by atoms with Gasteiger partial charge in [0, 0.05) is 18.7 Å². The van der Waals surface area contributed by atoms with Gasteiger partial charge in [0.05, 0.1) is 17.5 Å². The van der Waals surface area contributed by atoms with Gasteiger partial charge in [-0.25, -0.2) is 22.0 Å². The lowest BCUT2D eigenvalue weighted by atomic mass is 10.1. The minimum Gasteiger partial charge on any atom is -0.331 e. The molecule has 1 aromatic carbocycles. The van der Waals surface area contributed by atoms with E-state index in [0.717, 1.165) is 18.2 Å². The summed E-state index contributed by atoms with van der Waals surface area (Å²) < 4.78 is 49.7. The fourth-order valence-corrected chi connectivity index (χ4v) is 4.23. The zero-order chi connectivity index (χ0) is 16.5. The van der Waals surface area contributed by atoms with Crippen LogP contribution >= 0.6 is 0 Å². The third-order valence-corrected chi connectivity index (χ3v) is 5.59. The minimum atomic E-state index is -3.10. The second-order valence-electron chi connectivity index (χ2n) is 5.50. The Bertz CT molecular complexity index is 679. The normalized spacial score (nSPS) is 21.4. The first kappa shape index (κ1) is 16.7. The summed E-state index contributed by atoms with van der Waals surface area (Å²) >= 11 is 0. The first-order valence-electron chi connectivity index (χ1n) is 6.88. The molecule has 0 aromatic heterocycles. The average Bonchev–Trinajstić information content (AvgIpc) is 2.80. The molecule has 2 amide bonds. The maximum Gasteiger partial charge on any atom is 0.317 e. The molecular weight excluding hydrogens is 314 g/mol. The van der Waals surface area contributed by atoms with E-state index in [1.54, 1.807) is 0 Å². The van der Waals surface area contributed by atoms with Crippen LogP contribution in [0.3, 0.4) is 0 Å². The molecule has 1 N–H and O–H groups in total. The molecular formula is C14H18F2N2O3S. The fourth-order valence-electron chi connectivity index (χ4n) is 2.46. The predicted octanol–water partition coefficient (Wildman–Crippen LogP) is 1.85. The highest BCUT2D eigenvalue weighted by Crippen LogP contribution is 2.20. The average molecular weight is 332 g/mol. The number of nitrogens with zero attached hydrogens (tertiary/aromatic N) is 1. The van der Waals surface area contributed by atoms with Crippen molar-refractivity contribution in [3.8, 4) is 0 Å². The molecule has 1 fully saturated rings. The van der Waals surface area contributed by atoms with Gasteiger partial charge in [-0.1, -0.05) is 0 Å². The number of amides is 2. The van der Waals surface area contributed by atoms with Gasteiger partial charge < -0.3 is 10.2 Å². The number of carbonyl (C=O) groups is 1. The second kappa shape index (κ2) is 6.20. The summed E-state index contributed by atoms with van der Waals surface area (Å²) in [5.74, 6) is -1.21. The molecule has 2 unspecified atom stereocenters. The molecule has 0 aliphatic carbocycles. The molecule has 22 heavy (non-hydrogen) atoms. The molecule has 1 aliphatic rings. The molecule has 1 aliphatic heterocycles. The number of hydrogen-bond acceptors (Lipinski definition) is 3. The molecule has 5 nitrogen and oxygen atoms in total. The number of hydrogen-bond donors (Lipinski definition) is 1. The summed E-state index contributed by atoms with van der Waals surface area (Å²) in [7, 11) is -1.60. The van der Waals surface area contributed by atoms with Gasteiger partial charge in [-0.2, -0.15) is 0 Å². The number of sulfone groups is 1. The van der Waals surface area contributed by atoms with Crippen molar-refractivity contribution in [2.24, 2.45) is 0 Å². The van der Waals surface area contributed by atoms with Crippen molar-refractivity contribution < 1.29 is 22.0 Å². The number of halogens is 2. The van der Waals surface area contributed by atoms with Crippen LogP contribution in [-0.4, -0.2) is 43.9 Å². The lowest BCUT2D eigenvalue weighted by Crippen LogP contribution is -2.45. The van der Waals surface area contributed by atoms with Crippen LogP contribution in [0.5, 0.6) is 0 Å². The molecule has 122 valence electrons. The molecule has 2 atom stereocenters. The third kappa shape index (κ3) is 3.73. The molecule has 1 aromatic rings. The van der Waals surface area contributed by atoms with Crippen LogP contribution in [0, 0.1) is 11.6 Å². The lowest BCUT2D eigenvalue weighted by molar-refractivity contribution is 0.191. The van der Waals surface area contributed by atoms with E-state index in [9.17, 15) is 22.0 Å². The maximum absolute atomic E-state index is 13.7. The number of rotatable bonds is 3. The second-order valence-corrected chi connectivity index (χ2v) is 7.73. The Kier molecular flexibility index (Phi) is 4.69. The minimum absolute atomic E-state index is 0.0424. The fraction of sp³-hybridized carbons (Fsp3) is 0.500. The Morgan fingerprint density at radius 1 is 1.41 bits per heavy atom. The van der Waals surface area contributed by atoms with Crippen molar-refractivity contribution in [1.82, 2.24) is 10.2 Å². The zero-order valence-electron chi connectivity index (χ0n) is 12.3. The Hall–Kier alpha value is -1.70. The summed E-state index contributed by atoms with van der Waals surface area (Å²) in [6.07, 6.45) is 0.384. The molecule has 1 saturated heterocycles. The monoisotopic (exact) mass is 332 g/mol. The van der Waals surface area contributed by atoms with Gasteiger partial charge in [0.15, 0.2) is 9.84 Å². The smallest absolute Gasteiger partial charge is 0.317 e. The first-order chi connectivity index (χ1) is 10.2. The molecule has 0 radical (unpaired) electrons. The number of benzene rings is 1. The van der Waals surface area contributed by atoms with Crippen molar-refractivity contribution in [3.05, 3.63) is 35.4 Å². The third-order valence-electron chi connectivity index (χ3n) is 3.84. The highest BCUT2D eigenvalue weighted by atomic mass is 32.2. The van der Waals surface area contributed by atoms with E-state index < -0.39 is 39.6 Å². The molecule has 8 heteroatoms. The van der Waals surface area contributed by atoms with Gasteiger partial charge in [0.25, 0.3) is 0 Å². The Balaban J connectivity index is 2.03. The van der Waals surface area contributed by atoms with E-state index >= 15 is 0 Å². The van der Waals surface area contributed by atoms with Crippen LogP contribution in [0.25, 0.3) is 0 Å². The highest BCUT2D eigenvalue weighted by molar-refractivity contribution is 7.91. The Morgan fingerprint density at radius 3 is 2.68 bits per heavy atom.